The number of carbonyl (C=O) groups excluding carboxylic acids is 1. The summed E-state index contributed by atoms with van der Waals surface area (Å²) in [6.45, 7) is 8.75. The number of nitrogens with one attached hydrogen (secondary N) is 1. The average Bonchev–Trinajstić information content (AvgIpc) is 3.25. The molecule has 24 heavy (non-hydrogen) atoms. The number of aromatic nitrogens is 4. The molecule has 3 heterocycles. The summed E-state index contributed by atoms with van der Waals surface area (Å²) in [7, 11) is 0. The van der Waals surface area contributed by atoms with Crippen LogP contribution in [0.3, 0.4) is 0 Å². The van der Waals surface area contributed by atoms with Crippen molar-refractivity contribution in [3.63, 3.8) is 0 Å². The van der Waals surface area contributed by atoms with Gasteiger partial charge < -0.3 is 14.8 Å². The number of thiazole rings is 1. The van der Waals surface area contributed by atoms with E-state index in [-0.39, 0.29) is 11.9 Å². The summed E-state index contributed by atoms with van der Waals surface area (Å²) >= 11 is 1.47. The van der Waals surface area contributed by atoms with Crippen LogP contribution in [0.4, 0.5) is 5.13 Å². The van der Waals surface area contributed by atoms with Crippen LogP contribution < -0.4 is 5.32 Å². The summed E-state index contributed by atoms with van der Waals surface area (Å²) < 4.78 is 2.08. The number of hydrogen-bond donors (Lipinski definition) is 1. The van der Waals surface area contributed by atoms with Crippen molar-refractivity contribution in [1.82, 2.24) is 24.6 Å². The molecule has 1 atom stereocenters. The van der Waals surface area contributed by atoms with E-state index in [4.69, 9.17) is 0 Å². The molecule has 0 radical (unpaired) electrons. The number of hydrogen-bond acceptors (Lipinski definition) is 6. The van der Waals surface area contributed by atoms with Gasteiger partial charge in [-0.25, -0.2) is 4.98 Å². The van der Waals surface area contributed by atoms with Crippen molar-refractivity contribution in [2.24, 2.45) is 5.92 Å². The van der Waals surface area contributed by atoms with Gasteiger partial charge in [0, 0.05) is 25.0 Å². The highest BCUT2D eigenvalue weighted by Crippen LogP contribution is 2.32. The molecule has 2 aromatic rings. The van der Waals surface area contributed by atoms with Gasteiger partial charge in [-0.05, 0) is 25.7 Å². The first-order valence-corrected chi connectivity index (χ1v) is 9.36. The third kappa shape index (κ3) is 3.43. The lowest BCUT2D eigenvalue weighted by Crippen LogP contribution is -2.32. The summed E-state index contributed by atoms with van der Waals surface area (Å²) in [5.41, 5.74) is 0.512. The molecule has 7 nitrogen and oxygen atoms in total. The predicted octanol–water partition coefficient (Wildman–Crippen LogP) is 2.80. The molecule has 0 unspecified atom stereocenters. The molecule has 3 rings (SSSR count). The van der Waals surface area contributed by atoms with Gasteiger partial charge in [-0.3, -0.25) is 4.79 Å². The standard InChI is InChI=1S/C16H24N6OS/c1-4-17-16-19-12(9-24-16)15(23)22-7-5-6-13(22)14-20-18-10-21(14)8-11(2)3/h9-11,13H,4-8H2,1-3H3,(H,17,19)/t13-/m1/s1. The first kappa shape index (κ1) is 16.9. The molecule has 130 valence electrons. The van der Waals surface area contributed by atoms with Crippen LogP contribution in [0.5, 0.6) is 0 Å². The maximum absolute atomic E-state index is 12.9. The molecule has 1 aliphatic heterocycles. The fraction of sp³-hybridized carbons (Fsp3) is 0.625. The summed E-state index contributed by atoms with van der Waals surface area (Å²) in [6, 6.07) is -0.0111. The molecule has 8 heteroatoms. The Morgan fingerprint density at radius 3 is 3.08 bits per heavy atom. The zero-order valence-corrected chi connectivity index (χ0v) is 15.2. The number of likely N-dealkylation sites (tertiary alicyclic amines) is 1. The zero-order chi connectivity index (χ0) is 17.1. The fourth-order valence-corrected chi connectivity index (χ4v) is 3.84. The lowest BCUT2D eigenvalue weighted by Gasteiger charge is -2.24. The third-order valence-electron chi connectivity index (χ3n) is 4.07. The van der Waals surface area contributed by atoms with Crippen LogP contribution in [0, 0.1) is 5.92 Å². The highest BCUT2D eigenvalue weighted by atomic mass is 32.1. The Kier molecular flexibility index (Phi) is 5.13. The highest BCUT2D eigenvalue weighted by Gasteiger charge is 2.34. The summed E-state index contributed by atoms with van der Waals surface area (Å²) in [5, 5.41) is 14.1. The molecule has 1 aliphatic rings. The minimum absolute atomic E-state index is 0.0111. The molecule has 0 aromatic carbocycles. The lowest BCUT2D eigenvalue weighted by atomic mass is 10.1. The minimum Gasteiger partial charge on any atom is -0.362 e. The van der Waals surface area contributed by atoms with Gasteiger partial charge in [0.15, 0.2) is 11.0 Å². The molecule has 1 fully saturated rings. The molecular weight excluding hydrogens is 324 g/mol. The van der Waals surface area contributed by atoms with Crippen molar-refractivity contribution >= 4 is 22.4 Å². The molecule has 0 spiro atoms. The smallest absolute Gasteiger partial charge is 0.274 e. The van der Waals surface area contributed by atoms with Crippen molar-refractivity contribution in [2.75, 3.05) is 18.4 Å². The quantitative estimate of drug-likeness (QED) is 0.869. The Morgan fingerprint density at radius 2 is 2.33 bits per heavy atom. The van der Waals surface area contributed by atoms with Gasteiger partial charge in [0.2, 0.25) is 0 Å². The first-order chi connectivity index (χ1) is 11.6. The molecule has 2 aromatic heterocycles. The SMILES string of the molecule is CCNc1nc(C(=O)N2CCC[C@@H]2c2nncn2CC(C)C)cs1. The van der Waals surface area contributed by atoms with Gasteiger partial charge >= 0.3 is 0 Å². The number of anilines is 1. The van der Waals surface area contributed by atoms with Gasteiger partial charge in [-0.2, -0.15) is 0 Å². The molecule has 1 N–H and O–H groups in total. The van der Waals surface area contributed by atoms with Crippen LogP contribution in [0.15, 0.2) is 11.7 Å². The van der Waals surface area contributed by atoms with Gasteiger partial charge in [0.25, 0.3) is 5.91 Å². The molecule has 1 amide bonds. The molecule has 0 bridgehead atoms. The second kappa shape index (κ2) is 7.29. The van der Waals surface area contributed by atoms with Crippen molar-refractivity contribution < 1.29 is 4.79 Å². The van der Waals surface area contributed by atoms with E-state index in [1.165, 1.54) is 11.3 Å². The first-order valence-electron chi connectivity index (χ1n) is 8.48. The topological polar surface area (TPSA) is 75.9 Å². The fourth-order valence-electron chi connectivity index (χ4n) is 3.09. The molecule has 0 aliphatic carbocycles. The van der Waals surface area contributed by atoms with E-state index < -0.39 is 0 Å². The van der Waals surface area contributed by atoms with Gasteiger partial charge in [-0.1, -0.05) is 13.8 Å². The van der Waals surface area contributed by atoms with E-state index in [9.17, 15) is 4.79 Å². The Morgan fingerprint density at radius 1 is 1.50 bits per heavy atom. The van der Waals surface area contributed by atoms with E-state index in [0.717, 1.165) is 43.4 Å². The van der Waals surface area contributed by atoms with E-state index >= 15 is 0 Å². The third-order valence-corrected chi connectivity index (χ3v) is 4.87. The van der Waals surface area contributed by atoms with Gasteiger partial charge in [0.05, 0.1) is 6.04 Å². The lowest BCUT2D eigenvalue weighted by molar-refractivity contribution is 0.0721. The van der Waals surface area contributed by atoms with Crippen LogP contribution in [0.2, 0.25) is 0 Å². The largest absolute Gasteiger partial charge is 0.362 e. The van der Waals surface area contributed by atoms with E-state index in [1.54, 1.807) is 6.33 Å². The Bertz CT molecular complexity index is 694. The van der Waals surface area contributed by atoms with E-state index in [2.05, 4.69) is 38.9 Å². The van der Waals surface area contributed by atoms with E-state index in [1.807, 2.05) is 17.2 Å². The Balaban J connectivity index is 1.80. The zero-order valence-electron chi connectivity index (χ0n) is 14.4. The maximum Gasteiger partial charge on any atom is 0.274 e. The monoisotopic (exact) mass is 348 g/mol. The van der Waals surface area contributed by atoms with Crippen LogP contribution in [0.25, 0.3) is 0 Å². The van der Waals surface area contributed by atoms with Crippen LogP contribution in [0.1, 0.15) is 56.0 Å². The van der Waals surface area contributed by atoms with Crippen molar-refractivity contribution in [3.8, 4) is 0 Å². The van der Waals surface area contributed by atoms with Gasteiger partial charge in [-0.15, -0.1) is 21.5 Å². The summed E-state index contributed by atoms with van der Waals surface area (Å²) in [6.07, 6.45) is 3.67. The number of nitrogens with zero attached hydrogens (tertiary/aromatic N) is 5. The minimum atomic E-state index is -0.0167. The van der Waals surface area contributed by atoms with Crippen molar-refractivity contribution in [2.45, 2.75) is 46.2 Å². The van der Waals surface area contributed by atoms with E-state index in [0.29, 0.717) is 11.6 Å². The number of carbonyl (C=O) groups is 1. The predicted molar refractivity (Wildman–Crippen MR) is 94.1 cm³/mol. The van der Waals surface area contributed by atoms with Gasteiger partial charge in [0.1, 0.15) is 12.0 Å². The van der Waals surface area contributed by atoms with Crippen LogP contribution in [-0.2, 0) is 6.54 Å². The maximum atomic E-state index is 12.9. The van der Waals surface area contributed by atoms with Crippen LogP contribution in [-0.4, -0.2) is 43.6 Å². The second-order valence-corrected chi connectivity index (χ2v) is 7.32. The van der Waals surface area contributed by atoms with Crippen molar-refractivity contribution in [3.05, 3.63) is 23.2 Å². The molecule has 1 saturated heterocycles. The number of rotatable bonds is 6. The molecule has 0 saturated carbocycles. The van der Waals surface area contributed by atoms with Crippen LogP contribution >= 0.6 is 11.3 Å². The van der Waals surface area contributed by atoms with Crippen molar-refractivity contribution in [1.29, 1.82) is 0 Å². The Hall–Kier alpha value is -1.96. The second-order valence-electron chi connectivity index (χ2n) is 6.46. The highest BCUT2D eigenvalue weighted by molar-refractivity contribution is 7.13. The summed E-state index contributed by atoms with van der Waals surface area (Å²) in [5.74, 6) is 1.38. The summed E-state index contributed by atoms with van der Waals surface area (Å²) in [4.78, 5) is 19.2. The Labute approximate surface area is 146 Å². The average molecular weight is 348 g/mol. The normalized spacial score (nSPS) is 17.7. The number of amides is 1. The molecular formula is C16H24N6OS.